The van der Waals surface area contributed by atoms with Gasteiger partial charge in [-0.3, -0.25) is 4.68 Å². The van der Waals surface area contributed by atoms with E-state index in [1.807, 2.05) is 32.6 Å². The summed E-state index contributed by atoms with van der Waals surface area (Å²) < 4.78 is 7.66. The Bertz CT molecular complexity index is 822. The van der Waals surface area contributed by atoms with Gasteiger partial charge in [0.05, 0.1) is 11.6 Å². The van der Waals surface area contributed by atoms with Crippen molar-refractivity contribution in [3.63, 3.8) is 0 Å². The molecule has 1 amide bonds. The minimum atomic E-state index is -0.609. The fraction of sp³-hybridized carbons (Fsp3) is 0.826. The van der Waals surface area contributed by atoms with E-state index < -0.39 is 11.2 Å². The molecule has 3 heterocycles. The van der Waals surface area contributed by atoms with E-state index in [1.54, 1.807) is 0 Å². The number of aromatic nitrogens is 2. The van der Waals surface area contributed by atoms with Crippen molar-refractivity contribution in [1.29, 1.82) is 0 Å². The minimum Gasteiger partial charge on any atom is -0.444 e. The highest BCUT2D eigenvalue weighted by atomic mass is 16.6. The predicted octanol–water partition coefficient (Wildman–Crippen LogP) is 3.89. The Balaban J connectivity index is 1.37. The van der Waals surface area contributed by atoms with E-state index in [0.29, 0.717) is 6.04 Å². The standard InChI is InChI=1S/C23H38N4O3/c1-16-10-18(26-9-8-22(7,29)13-21(26,5)6)24-27(16)17-11-23(12-17)14-25(15-23)19(28)30-20(2,3)4/h10,17,29H,8-9,11-15H2,1-7H3. The summed E-state index contributed by atoms with van der Waals surface area (Å²) in [5.41, 5.74) is 0.239. The second kappa shape index (κ2) is 6.62. The molecule has 3 fully saturated rings. The van der Waals surface area contributed by atoms with Crippen molar-refractivity contribution in [3.8, 4) is 0 Å². The summed E-state index contributed by atoms with van der Waals surface area (Å²) in [5.74, 6) is 1.01. The van der Waals surface area contributed by atoms with Gasteiger partial charge in [-0.05, 0) is 74.1 Å². The van der Waals surface area contributed by atoms with Gasteiger partial charge >= 0.3 is 6.09 Å². The first-order valence-corrected chi connectivity index (χ1v) is 11.2. The van der Waals surface area contributed by atoms with Gasteiger partial charge < -0.3 is 19.6 Å². The molecule has 7 heteroatoms. The number of anilines is 1. The molecule has 1 spiro atoms. The van der Waals surface area contributed by atoms with Crippen LogP contribution in [0.25, 0.3) is 0 Å². The van der Waals surface area contributed by atoms with Crippen LogP contribution in [0.5, 0.6) is 0 Å². The SMILES string of the molecule is Cc1cc(N2CCC(C)(O)CC2(C)C)nn1C1CC2(C1)CN(C(=O)OC(C)(C)C)C2. The van der Waals surface area contributed by atoms with Crippen molar-refractivity contribution >= 4 is 11.9 Å². The van der Waals surface area contributed by atoms with Crippen LogP contribution in [0.2, 0.25) is 0 Å². The van der Waals surface area contributed by atoms with Gasteiger partial charge in [-0.2, -0.15) is 5.10 Å². The Kier molecular flexibility index (Phi) is 4.74. The minimum absolute atomic E-state index is 0.129. The zero-order chi connectivity index (χ0) is 22.1. The van der Waals surface area contributed by atoms with E-state index in [9.17, 15) is 9.90 Å². The second-order valence-electron chi connectivity index (χ2n) is 11.9. The topological polar surface area (TPSA) is 70.8 Å². The molecule has 2 saturated heterocycles. The molecule has 168 valence electrons. The number of carbonyl (C=O) groups is 1. The molecule has 30 heavy (non-hydrogen) atoms. The number of ether oxygens (including phenoxy) is 1. The van der Waals surface area contributed by atoms with Crippen LogP contribution in [0, 0.1) is 12.3 Å². The Morgan fingerprint density at radius 1 is 1.23 bits per heavy atom. The number of hydrogen-bond acceptors (Lipinski definition) is 5. The van der Waals surface area contributed by atoms with Crippen LogP contribution in [0.15, 0.2) is 6.07 Å². The van der Waals surface area contributed by atoms with E-state index in [1.165, 1.54) is 5.69 Å². The molecule has 1 aromatic rings. The Labute approximate surface area is 180 Å². The molecule has 3 aliphatic rings. The van der Waals surface area contributed by atoms with Gasteiger partial charge in [0.15, 0.2) is 5.82 Å². The summed E-state index contributed by atoms with van der Waals surface area (Å²) in [7, 11) is 0. The molecule has 1 aromatic heterocycles. The highest BCUT2D eigenvalue weighted by molar-refractivity contribution is 5.69. The number of amides is 1. The normalized spacial score (nSPS) is 28.3. The summed E-state index contributed by atoms with van der Waals surface area (Å²) in [6.45, 7) is 16.6. The third kappa shape index (κ3) is 3.93. The first kappa shape index (κ1) is 21.5. The lowest BCUT2D eigenvalue weighted by molar-refractivity contribution is -0.0930. The molecular formula is C23H38N4O3. The Morgan fingerprint density at radius 3 is 2.43 bits per heavy atom. The fourth-order valence-corrected chi connectivity index (χ4v) is 5.76. The van der Waals surface area contributed by atoms with E-state index >= 15 is 0 Å². The molecule has 0 radical (unpaired) electrons. The van der Waals surface area contributed by atoms with Gasteiger partial charge in [-0.25, -0.2) is 4.79 Å². The smallest absolute Gasteiger partial charge is 0.410 e. The summed E-state index contributed by atoms with van der Waals surface area (Å²) >= 11 is 0. The van der Waals surface area contributed by atoms with Crippen molar-refractivity contribution < 1.29 is 14.6 Å². The first-order chi connectivity index (χ1) is 13.7. The molecule has 1 saturated carbocycles. The number of likely N-dealkylation sites (tertiary alicyclic amines) is 1. The predicted molar refractivity (Wildman–Crippen MR) is 117 cm³/mol. The average molecular weight is 419 g/mol. The van der Waals surface area contributed by atoms with Crippen LogP contribution >= 0.6 is 0 Å². The largest absolute Gasteiger partial charge is 0.444 e. The maximum Gasteiger partial charge on any atom is 0.410 e. The number of hydrogen-bond donors (Lipinski definition) is 1. The summed E-state index contributed by atoms with van der Waals surface area (Å²) in [6, 6.07) is 2.58. The summed E-state index contributed by atoms with van der Waals surface area (Å²) in [4.78, 5) is 16.4. The van der Waals surface area contributed by atoms with Crippen LogP contribution in [0.4, 0.5) is 10.6 Å². The molecule has 1 N–H and O–H groups in total. The van der Waals surface area contributed by atoms with Gasteiger partial charge in [-0.15, -0.1) is 0 Å². The van der Waals surface area contributed by atoms with Crippen molar-refractivity contribution in [3.05, 3.63) is 11.8 Å². The quantitative estimate of drug-likeness (QED) is 0.789. The maximum absolute atomic E-state index is 12.2. The third-order valence-electron chi connectivity index (χ3n) is 6.99. The zero-order valence-corrected chi connectivity index (χ0v) is 19.7. The summed E-state index contributed by atoms with van der Waals surface area (Å²) in [6.07, 6.45) is 3.42. The van der Waals surface area contributed by atoms with Crippen LogP contribution in [0.1, 0.15) is 79.0 Å². The Morgan fingerprint density at radius 2 is 1.87 bits per heavy atom. The van der Waals surface area contributed by atoms with Gasteiger partial charge in [0, 0.05) is 42.3 Å². The van der Waals surface area contributed by atoms with Crippen molar-refractivity contribution in [2.24, 2.45) is 5.41 Å². The molecule has 1 unspecified atom stereocenters. The number of aliphatic hydroxyl groups is 1. The van der Waals surface area contributed by atoms with E-state index in [2.05, 4.69) is 36.4 Å². The highest BCUT2D eigenvalue weighted by Crippen LogP contribution is 2.54. The number of carbonyl (C=O) groups excluding carboxylic acids is 1. The summed E-state index contributed by atoms with van der Waals surface area (Å²) in [5, 5.41) is 15.5. The molecular weight excluding hydrogens is 380 g/mol. The van der Waals surface area contributed by atoms with E-state index in [4.69, 9.17) is 9.84 Å². The number of piperidine rings is 1. The first-order valence-electron chi connectivity index (χ1n) is 11.2. The number of aryl methyl sites for hydroxylation is 1. The van der Waals surface area contributed by atoms with Crippen LogP contribution in [-0.2, 0) is 4.74 Å². The number of rotatable bonds is 2. The van der Waals surface area contributed by atoms with Gasteiger partial charge in [0.25, 0.3) is 0 Å². The molecule has 1 aliphatic carbocycles. The molecule has 2 aliphatic heterocycles. The van der Waals surface area contributed by atoms with Crippen LogP contribution < -0.4 is 4.90 Å². The molecule has 0 aromatic carbocycles. The highest BCUT2D eigenvalue weighted by Gasteiger charge is 2.55. The Hall–Kier alpha value is -1.76. The van der Waals surface area contributed by atoms with E-state index in [-0.39, 0.29) is 17.0 Å². The zero-order valence-electron chi connectivity index (χ0n) is 19.7. The average Bonchev–Trinajstić information content (AvgIpc) is 2.81. The van der Waals surface area contributed by atoms with Gasteiger partial charge in [0.2, 0.25) is 0 Å². The molecule has 1 atom stereocenters. The van der Waals surface area contributed by atoms with Gasteiger partial charge in [-0.1, -0.05) is 0 Å². The fourth-order valence-electron chi connectivity index (χ4n) is 5.76. The number of nitrogens with zero attached hydrogens (tertiary/aromatic N) is 4. The van der Waals surface area contributed by atoms with Crippen LogP contribution in [-0.4, -0.2) is 62.3 Å². The van der Waals surface area contributed by atoms with Crippen LogP contribution in [0.3, 0.4) is 0 Å². The second-order valence-corrected chi connectivity index (χ2v) is 11.9. The van der Waals surface area contributed by atoms with Crippen molar-refractivity contribution in [1.82, 2.24) is 14.7 Å². The molecule has 7 nitrogen and oxygen atoms in total. The van der Waals surface area contributed by atoms with Crippen molar-refractivity contribution in [2.45, 2.75) is 96.9 Å². The molecule has 4 rings (SSSR count). The lowest BCUT2D eigenvalue weighted by Gasteiger charge is -2.58. The third-order valence-corrected chi connectivity index (χ3v) is 6.99. The monoisotopic (exact) mass is 418 g/mol. The lowest BCUT2D eigenvalue weighted by atomic mass is 9.61. The molecule has 0 bridgehead atoms. The lowest BCUT2D eigenvalue weighted by Crippen LogP contribution is -2.64. The maximum atomic E-state index is 12.2. The van der Waals surface area contributed by atoms with Gasteiger partial charge in [0.1, 0.15) is 5.60 Å². The van der Waals surface area contributed by atoms with Crippen molar-refractivity contribution in [2.75, 3.05) is 24.5 Å². The van der Waals surface area contributed by atoms with E-state index in [0.717, 1.165) is 51.1 Å².